The zero-order valence-electron chi connectivity index (χ0n) is 11.9. The van der Waals surface area contributed by atoms with E-state index >= 15 is 0 Å². The van der Waals surface area contributed by atoms with Gasteiger partial charge in [0, 0.05) is 24.2 Å². The molecule has 1 heterocycles. The van der Waals surface area contributed by atoms with Gasteiger partial charge >= 0.3 is 0 Å². The lowest BCUT2D eigenvalue weighted by Gasteiger charge is -2.12. The number of hydrogen-bond donors (Lipinski definition) is 1. The third-order valence-corrected chi connectivity index (χ3v) is 2.88. The fourth-order valence-corrected chi connectivity index (χ4v) is 1.91. The summed E-state index contributed by atoms with van der Waals surface area (Å²) in [6.45, 7) is 2.80. The van der Waals surface area contributed by atoms with Crippen molar-refractivity contribution in [2.24, 2.45) is 0 Å². The van der Waals surface area contributed by atoms with Crippen LogP contribution in [-0.4, -0.2) is 28.5 Å². The van der Waals surface area contributed by atoms with E-state index in [9.17, 15) is 10.1 Å². The summed E-state index contributed by atoms with van der Waals surface area (Å²) in [5.74, 6) is 1.06. The van der Waals surface area contributed by atoms with Gasteiger partial charge in [0.15, 0.2) is 11.6 Å². The number of benzene rings is 1. The number of nitrogens with one attached hydrogen (secondary N) is 1. The van der Waals surface area contributed by atoms with Crippen LogP contribution in [0.4, 0.5) is 11.5 Å². The average Bonchev–Trinajstić information content (AvgIpc) is 2.52. The third kappa shape index (κ3) is 3.25. The van der Waals surface area contributed by atoms with Crippen molar-refractivity contribution in [2.75, 3.05) is 19.0 Å². The molecule has 0 bridgehead atoms. The van der Waals surface area contributed by atoms with Crippen LogP contribution in [0.3, 0.4) is 0 Å². The number of rotatable bonds is 6. The van der Waals surface area contributed by atoms with Crippen LogP contribution in [0.25, 0.3) is 11.3 Å². The highest BCUT2D eigenvalue weighted by Gasteiger charge is 2.15. The second-order valence-corrected chi connectivity index (χ2v) is 4.34. The number of non-ortho nitro benzene ring substituents is 1. The van der Waals surface area contributed by atoms with E-state index in [0.29, 0.717) is 22.8 Å². The Balaban J connectivity index is 2.48. The number of nitro benzene ring substituents is 1. The maximum Gasteiger partial charge on any atom is 0.270 e. The Kier molecular flexibility index (Phi) is 4.65. The molecule has 1 aromatic carbocycles. The van der Waals surface area contributed by atoms with Gasteiger partial charge in [-0.3, -0.25) is 10.1 Å². The summed E-state index contributed by atoms with van der Waals surface area (Å²) >= 11 is 0. The Labute approximate surface area is 122 Å². The van der Waals surface area contributed by atoms with Crippen LogP contribution in [0.1, 0.15) is 13.3 Å². The highest BCUT2D eigenvalue weighted by molar-refractivity contribution is 5.73. The lowest BCUT2D eigenvalue weighted by Crippen LogP contribution is -2.06. The molecule has 2 aromatic rings. The number of ether oxygens (including phenoxy) is 1. The maximum atomic E-state index is 10.9. The van der Waals surface area contributed by atoms with Crippen LogP contribution in [0.5, 0.6) is 5.75 Å². The summed E-state index contributed by atoms with van der Waals surface area (Å²) in [5.41, 5.74) is 1.15. The lowest BCUT2D eigenvalue weighted by atomic mass is 10.1. The van der Waals surface area contributed by atoms with Gasteiger partial charge in [-0.2, -0.15) is 0 Å². The van der Waals surface area contributed by atoms with Crippen molar-refractivity contribution in [3.63, 3.8) is 0 Å². The molecule has 0 fully saturated rings. The molecule has 0 unspecified atom stereocenters. The minimum Gasteiger partial charge on any atom is -0.491 e. The molecule has 7 heteroatoms. The Morgan fingerprint density at radius 1 is 1.38 bits per heavy atom. The Morgan fingerprint density at radius 2 is 2.19 bits per heavy atom. The van der Waals surface area contributed by atoms with Gasteiger partial charge in [0.2, 0.25) is 0 Å². The van der Waals surface area contributed by atoms with Gasteiger partial charge in [-0.1, -0.05) is 19.1 Å². The van der Waals surface area contributed by atoms with E-state index < -0.39 is 4.92 Å². The number of nitrogens with zero attached hydrogens (tertiary/aromatic N) is 3. The van der Waals surface area contributed by atoms with Crippen LogP contribution in [0.15, 0.2) is 30.6 Å². The number of hydrogen-bond acceptors (Lipinski definition) is 6. The largest absolute Gasteiger partial charge is 0.491 e. The van der Waals surface area contributed by atoms with Gasteiger partial charge in [-0.15, -0.1) is 0 Å². The number of anilines is 1. The molecule has 21 heavy (non-hydrogen) atoms. The van der Waals surface area contributed by atoms with Crippen LogP contribution >= 0.6 is 0 Å². The number of methoxy groups -OCH3 is 1. The van der Waals surface area contributed by atoms with Crippen LogP contribution in [0.2, 0.25) is 0 Å². The third-order valence-electron chi connectivity index (χ3n) is 2.88. The fraction of sp³-hybridized carbons (Fsp3) is 0.286. The molecule has 110 valence electrons. The minimum atomic E-state index is -0.437. The van der Waals surface area contributed by atoms with E-state index in [1.165, 1.54) is 25.6 Å². The highest BCUT2D eigenvalue weighted by Crippen LogP contribution is 2.34. The molecule has 1 aromatic heterocycles. The van der Waals surface area contributed by atoms with Gasteiger partial charge in [0.05, 0.1) is 12.0 Å². The van der Waals surface area contributed by atoms with Crippen LogP contribution in [0, 0.1) is 10.1 Å². The summed E-state index contributed by atoms with van der Waals surface area (Å²) in [5, 5.41) is 14.0. The van der Waals surface area contributed by atoms with Crippen molar-refractivity contribution < 1.29 is 9.66 Å². The number of nitro groups is 1. The molecule has 0 spiro atoms. The molecular weight excluding hydrogens is 272 g/mol. The van der Waals surface area contributed by atoms with E-state index in [4.69, 9.17) is 4.74 Å². The molecule has 0 amide bonds. The molecule has 0 atom stereocenters. The summed E-state index contributed by atoms with van der Waals surface area (Å²) in [7, 11) is 1.52. The summed E-state index contributed by atoms with van der Waals surface area (Å²) in [6.07, 6.45) is 2.36. The van der Waals surface area contributed by atoms with Crippen molar-refractivity contribution >= 4 is 11.5 Å². The van der Waals surface area contributed by atoms with Gasteiger partial charge in [-0.05, 0) is 6.42 Å². The molecule has 0 saturated carbocycles. The Morgan fingerprint density at radius 3 is 2.86 bits per heavy atom. The zero-order chi connectivity index (χ0) is 15.2. The van der Waals surface area contributed by atoms with E-state index in [0.717, 1.165) is 13.0 Å². The average molecular weight is 288 g/mol. The first-order valence-electron chi connectivity index (χ1n) is 6.55. The normalized spacial score (nSPS) is 10.2. The van der Waals surface area contributed by atoms with E-state index in [2.05, 4.69) is 15.3 Å². The van der Waals surface area contributed by atoms with Crippen molar-refractivity contribution in [1.82, 2.24) is 9.97 Å². The maximum absolute atomic E-state index is 10.9. The van der Waals surface area contributed by atoms with Gasteiger partial charge in [0.25, 0.3) is 5.69 Å². The second-order valence-electron chi connectivity index (χ2n) is 4.34. The van der Waals surface area contributed by atoms with Crippen molar-refractivity contribution in [1.29, 1.82) is 0 Å². The molecule has 1 N–H and O–H groups in total. The first-order chi connectivity index (χ1) is 10.2. The molecule has 0 aliphatic heterocycles. The van der Waals surface area contributed by atoms with Crippen molar-refractivity contribution in [3.05, 3.63) is 40.7 Å². The summed E-state index contributed by atoms with van der Waals surface area (Å²) in [6, 6.07) is 6.28. The molecule has 0 saturated heterocycles. The fourth-order valence-electron chi connectivity index (χ4n) is 1.91. The highest BCUT2D eigenvalue weighted by atomic mass is 16.6. The smallest absolute Gasteiger partial charge is 0.270 e. The Bertz CT molecular complexity index is 646. The first-order valence-corrected chi connectivity index (χ1v) is 6.55. The molecule has 7 nitrogen and oxygen atoms in total. The summed E-state index contributed by atoms with van der Waals surface area (Å²) < 4.78 is 5.37. The number of aromatic nitrogens is 2. The van der Waals surface area contributed by atoms with Gasteiger partial charge < -0.3 is 10.1 Å². The predicted molar refractivity (Wildman–Crippen MR) is 79.5 cm³/mol. The quantitative estimate of drug-likeness (QED) is 0.649. The zero-order valence-corrected chi connectivity index (χ0v) is 11.9. The van der Waals surface area contributed by atoms with Crippen LogP contribution < -0.4 is 10.1 Å². The lowest BCUT2D eigenvalue weighted by molar-refractivity contribution is -0.384. The van der Waals surface area contributed by atoms with E-state index in [-0.39, 0.29) is 5.69 Å². The monoisotopic (exact) mass is 288 g/mol. The molecular formula is C14H16N4O3. The van der Waals surface area contributed by atoms with Crippen molar-refractivity contribution in [3.8, 4) is 17.0 Å². The van der Waals surface area contributed by atoms with E-state index in [1.807, 2.05) is 6.92 Å². The minimum absolute atomic E-state index is 0.0104. The molecule has 0 radical (unpaired) electrons. The van der Waals surface area contributed by atoms with Gasteiger partial charge in [0.1, 0.15) is 12.0 Å². The van der Waals surface area contributed by atoms with E-state index in [1.54, 1.807) is 12.1 Å². The first kappa shape index (κ1) is 14.7. The van der Waals surface area contributed by atoms with Crippen molar-refractivity contribution in [2.45, 2.75) is 13.3 Å². The summed E-state index contributed by atoms with van der Waals surface area (Å²) in [4.78, 5) is 18.8. The molecule has 0 aliphatic rings. The SMILES string of the molecule is CCCNc1ncnc(-c2cccc([N+](=O)[O-])c2)c1OC. The molecule has 0 aliphatic carbocycles. The second kappa shape index (κ2) is 6.65. The Hall–Kier alpha value is -2.70. The topological polar surface area (TPSA) is 90.2 Å². The molecule has 2 rings (SSSR count). The van der Waals surface area contributed by atoms with Gasteiger partial charge in [-0.25, -0.2) is 9.97 Å². The predicted octanol–water partition coefficient (Wildman–Crippen LogP) is 2.88. The van der Waals surface area contributed by atoms with Crippen LogP contribution in [-0.2, 0) is 0 Å². The standard InChI is InChI=1S/C14H16N4O3/c1-3-7-15-14-13(21-2)12(16-9-17-14)10-5-4-6-11(8-10)18(19)20/h4-6,8-9H,3,7H2,1-2H3,(H,15,16,17).